The van der Waals surface area contributed by atoms with Gasteiger partial charge in [-0.3, -0.25) is 0 Å². The largest absolute Gasteiger partial charge is 0.388 e. The summed E-state index contributed by atoms with van der Waals surface area (Å²) >= 11 is 0. The van der Waals surface area contributed by atoms with Gasteiger partial charge in [0.15, 0.2) is 0 Å². The zero-order chi connectivity index (χ0) is 11.8. The highest BCUT2D eigenvalue weighted by atomic mass is 16.3. The summed E-state index contributed by atoms with van der Waals surface area (Å²) in [7, 11) is 0. The molecule has 2 amide bonds. The minimum atomic E-state index is -0.729. The van der Waals surface area contributed by atoms with E-state index in [1.165, 1.54) is 12.8 Å². The summed E-state index contributed by atoms with van der Waals surface area (Å²) in [6.45, 7) is 4.90. The Morgan fingerprint density at radius 1 is 1.44 bits per heavy atom. The minimum absolute atomic E-state index is 0.00322. The van der Waals surface area contributed by atoms with Gasteiger partial charge in [-0.05, 0) is 19.8 Å². The molecular weight excluding hydrogens is 204 g/mol. The van der Waals surface area contributed by atoms with Crippen molar-refractivity contribution in [2.24, 2.45) is 5.92 Å². The molecule has 1 aliphatic heterocycles. The second kappa shape index (κ2) is 4.24. The van der Waals surface area contributed by atoms with E-state index in [1.54, 1.807) is 11.8 Å². The van der Waals surface area contributed by atoms with E-state index in [4.69, 9.17) is 0 Å². The number of urea groups is 1. The summed E-state index contributed by atoms with van der Waals surface area (Å²) in [6.07, 6.45) is 4.65. The maximum atomic E-state index is 11.9. The molecule has 4 heteroatoms. The maximum Gasteiger partial charge on any atom is 0.317 e. The number of nitrogens with one attached hydrogen (secondary N) is 1. The Balaban J connectivity index is 1.86. The fourth-order valence-electron chi connectivity index (χ4n) is 2.62. The average Bonchev–Trinajstić information content (AvgIpc) is 2.76. The van der Waals surface area contributed by atoms with Gasteiger partial charge in [0.2, 0.25) is 0 Å². The van der Waals surface area contributed by atoms with Crippen LogP contribution in [-0.2, 0) is 0 Å². The Bertz CT molecular complexity index is 272. The predicted octanol–water partition coefficient (Wildman–Crippen LogP) is 1.34. The first-order valence-electron chi connectivity index (χ1n) is 6.27. The third kappa shape index (κ3) is 2.32. The summed E-state index contributed by atoms with van der Waals surface area (Å²) in [4.78, 5) is 13.7. The molecule has 0 bridgehead atoms. The van der Waals surface area contributed by atoms with Gasteiger partial charge in [0.05, 0.1) is 12.1 Å². The normalized spacial score (nSPS) is 35.7. The lowest BCUT2D eigenvalue weighted by Crippen LogP contribution is -2.44. The summed E-state index contributed by atoms with van der Waals surface area (Å²) in [6, 6.07) is 0.352. The molecule has 0 unspecified atom stereocenters. The molecule has 1 saturated carbocycles. The molecular formula is C12H22N2O2. The Hall–Kier alpha value is -0.770. The number of hydrogen-bond donors (Lipinski definition) is 2. The SMILES string of the molecule is C[C@@H]1CN(C(=O)NC2CCCC2)C[C@]1(C)O. The van der Waals surface area contributed by atoms with E-state index < -0.39 is 5.60 Å². The van der Waals surface area contributed by atoms with Crippen LogP contribution in [-0.4, -0.2) is 40.8 Å². The van der Waals surface area contributed by atoms with E-state index in [0.29, 0.717) is 19.1 Å². The number of nitrogens with zero attached hydrogens (tertiary/aromatic N) is 1. The molecule has 0 radical (unpaired) electrons. The standard InChI is InChI=1S/C12H22N2O2/c1-9-7-14(8-12(9,2)16)11(15)13-10-5-3-4-6-10/h9-10,16H,3-8H2,1-2H3,(H,13,15)/t9-,12+/m1/s1. The summed E-state index contributed by atoms with van der Waals surface area (Å²) in [5.74, 6) is 0.154. The molecule has 0 aromatic rings. The highest BCUT2D eigenvalue weighted by Crippen LogP contribution is 2.27. The molecule has 2 N–H and O–H groups in total. The molecule has 4 nitrogen and oxygen atoms in total. The lowest BCUT2D eigenvalue weighted by molar-refractivity contribution is 0.0385. The van der Waals surface area contributed by atoms with E-state index in [1.807, 2.05) is 6.92 Å². The highest BCUT2D eigenvalue weighted by Gasteiger charge is 2.40. The second-order valence-electron chi connectivity index (χ2n) is 5.57. The Morgan fingerprint density at radius 3 is 2.56 bits per heavy atom. The van der Waals surface area contributed by atoms with Crippen molar-refractivity contribution in [2.45, 2.75) is 51.2 Å². The quantitative estimate of drug-likeness (QED) is 0.709. The van der Waals surface area contributed by atoms with Crippen molar-refractivity contribution in [1.82, 2.24) is 10.2 Å². The molecule has 2 atom stereocenters. The van der Waals surface area contributed by atoms with Crippen LogP contribution in [0.25, 0.3) is 0 Å². The van der Waals surface area contributed by atoms with Crippen molar-refractivity contribution < 1.29 is 9.90 Å². The third-order valence-corrected chi connectivity index (χ3v) is 4.04. The first-order chi connectivity index (χ1) is 7.49. The van der Waals surface area contributed by atoms with Gasteiger partial charge in [-0.2, -0.15) is 0 Å². The number of likely N-dealkylation sites (tertiary alicyclic amines) is 1. The number of carbonyl (C=O) groups is 1. The van der Waals surface area contributed by atoms with Crippen molar-refractivity contribution in [3.05, 3.63) is 0 Å². The van der Waals surface area contributed by atoms with Crippen LogP contribution >= 0.6 is 0 Å². The number of aliphatic hydroxyl groups is 1. The molecule has 1 aliphatic carbocycles. The minimum Gasteiger partial charge on any atom is -0.388 e. The molecule has 0 aromatic heterocycles. The van der Waals surface area contributed by atoms with Crippen LogP contribution in [0.4, 0.5) is 4.79 Å². The third-order valence-electron chi connectivity index (χ3n) is 4.04. The fourth-order valence-corrected chi connectivity index (χ4v) is 2.62. The average molecular weight is 226 g/mol. The van der Waals surface area contributed by atoms with Gasteiger partial charge in [0.25, 0.3) is 0 Å². The number of amides is 2. The van der Waals surface area contributed by atoms with Crippen LogP contribution < -0.4 is 5.32 Å². The predicted molar refractivity (Wildman–Crippen MR) is 62.1 cm³/mol. The molecule has 1 saturated heterocycles. The van der Waals surface area contributed by atoms with E-state index in [0.717, 1.165) is 12.8 Å². The molecule has 2 fully saturated rings. The van der Waals surface area contributed by atoms with Gasteiger partial charge >= 0.3 is 6.03 Å². The number of hydrogen-bond acceptors (Lipinski definition) is 2. The summed E-state index contributed by atoms with van der Waals surface area (Å²) < 4.78 is 0. The van der Waals surface area contributed by atoms with Crippen LogP contribution in [0.5, 0.6) is 0 Å². The zero-order valence-electron chi connectivity index (χ0n) is 10.2. The molecule has 0 aromatic carbocycles. The Morgan fingerprint density at radius 2 is 2.06 bits per heavy atom. The number of carbonyl (C=O) groups excluding carboxylic acids is 1. The molecule has 2 aliphatic rings. The Kier molecular flexibility index (Phi) is 3.10. The van der Waals surface area contributed by atoms with Gasteiger partial charge in [-0.25, -0.2) is 4.79 Å². The summed E-state index contributed by atoms with van der Waals surface area (Å²) in [5, 5.41) is 13.1. The second-order valence-corrected chi connectivity index (χ2v) is 5.57. The van der Waals surface area contributed by atoms with Gasteiger partial charge in [0.1, 0.15) is 0 Å². The fraction of sp³-hybridized carbons (Fsp3) is 0.917. The highest BCUT2D eigenvalue weighted by molar-refractivity contribution is 5.75. The van der Waals surface area contributed by atoms with Crippen LogP contribution in [0, 0.1) is 5.92 Å². The maximum absolute atomic E-state index is 11.9. The van der Waals surface area contributed by atoms with Crippen molar-refractivity contribution >= 4 is 6.03 Å². The molecule has 0 spiro atoms. The Labute approximate surface area is 97.0 Å². The van der Waals surface area contributed by atoms with Gasteiger partial charge in [-0.15, -0.1) is 0 Å². The topological polar surface area (TPSA) is 52.6 Å². The van der Waals surface area contributed by atoms with Crippen LogP contribution in [0.2, 0.25) is 0 Å². The van der Waals surface area contributed by atoms with E-state index in [2.05, 4.69) is 5.32 Å². The van der Waals surface area contributed by atoms with Gasteiger partial charge in [0, 0.05) is 18.5 Å². The van der Waals surface area contributed by atoms with Crippen molar-refractivity contribution in [3.8, 4) is 0 Å². The number of rotatable bonds is 1. The van der Waals surface area contributed by atoms with Crippen LogP contribution in [0.3, 0.4) is 0 Å². The van der Waals surface area contributed by atoms with Gasteiger partial charge < -0.3 is 15.3 Å². The number of β-amino-alcohol motifs (C(OH)–C–C–N with tert-alkyl or cyclic N) is 1. The van der Waals surface area contributed by atoms with E-state index >= 15 is 0 Å². The first-order valence-corrected chi connectivity index (χ1v) is 6.27. The molecule has 1 heterocycles. The van der Waals surface area contributed by atoms with E-state index in [9.17, 15) is 9.90 Å². The monoisotopic (exact) mass is 226 g/mol. The van der Waals surface area contributed by atoms with Crippen molar-refractivity contribution in [2.75, 3.05) is 13.1 Å². The van der Waals surface area contributed by atoms with Crippen molar-refractivity contribution in [3.63, 3.8) is 0 Å². The summed E-state index contributed by atoms with van der Waals surface area (Å²) in [5.41, 5.74) is -0.729. The van der Waals surface area contributed by atoms with Gasteiger partial charge in [-0.1, -0.05) is 19.8 Å². The molecule has 16 heavy (non-hydrogen) atoms. The molecule has 92 valence electrons. The lowest BCUT2D eigenvalue weighted by Gasteiger charge is -2.22. The van der Waals surface area contributed by atoms with Crippen molar-refractivity contribution in [1.29, 1.82) is 0 Å². The first kappa shape index (κ1) is 11.7. The smallest absolute Gasteiger partial charge is 0.317 e. The van der Waals surface area contributed by atoms with Crippen LogP contribution in [0.1, 0.15) is 39.5 Å². The zero-order valence-corrected chi connectivity index (χ0v) is 10.2. The van der Waals surface area contributed by atoms with E-state index in [-0.39, 0.29) is 11.9 Å². The molecule has 2 rings (SSSR count). The van der Waals surface area contributed by atoms with Crippen LogP contribution in [0.15, 0.2) is 0 Å². The lowest BCUT2D eigenvalue weighted by atomic mass is 9.95.